The molecule has 1 heterocycles. The van der Waals surface area contributed by atoms with E-state index in [1.54, 1.807) is 24.5 Å². The first kappa shape index (κ1) is 13.6. The Morgan fingerprint density at radius 1 is 1.32 bits per heavy atom. The molecule has 1 amide bonds. The Morgan fingerprint density at radius 2 is 2.05 bits per heavy atom. The molecule has 98 valence electrons. The molecule has 0 saturated carbocycles. The molecular weight excluding hydrogens is 332 g/mol. The number of hydrogen-bond acceptors (Lipinski definition) is 4. The molecule has 1 aromatic heterocycles. The number of amides is 1. The number of halogens is 2. The first-order valence-electron chi connectivity index (χ1n) is 5.24. The molecule has 1 aromatic carbocycles. The molecule has 0 aliphatic heterocycles. The fourth-order valence-electron chi connectivity index (χ4n) is 1.57. The highest BCUT2D eigenvalue weighted by atomic mass is 79.9. The molecule has 7 heteroatoms. The Labute approximate surface area is 123 Å². The third-order valence-electron chi connectivity index (χ3n) is 2.35. The lowest BCUT2D eigenvalue weighted by Crippen LogP contribution is -2.14. The van der Waals surface area contributed by atoms with E-state index >= 15 is 0 Å². The first-order chi connectivity index (χ1) is 8.97. The van der Waals surface area contributed by atoms with Gasteiger partial charge in [-0.15, -0.1) is 0 Å². The number of carbonyl (C=O) groups is 1. The molecule has 0 radical (unpaired) electrons. The van der Waals surface area contributed by atoms with Crippen molar-refractivity contribution in [3.05, 3.63) is 45.7 Å². The molecule has 5 nitrogen and oxygen atoms in total. The van der Waals surface area contributed by atoms with Crippen molar-refractivity contribution in [2.75, 3.05) is 11.1 Å². The summed E-state index contributed by atoms with van der Waals surface area (Å²) in [5.74, 6) is -0.611. The summed E-state index contributed by atoms with van der Waals surface area (Å²) in [6.45, 7) is 0. The third kappa shape index (κ3) is 3.15. The zero-order chi connectivity index (χ0) is 14.0. The highest BCUT2D eigenvalue weighted by Crippen LogP contribution is 2.32. The van der Waals surface area contributed by atoms with Gasteiger partial charge >= 0.3 is 0 Å². The highest BCUT2D eigenvalue weighted by molar-refractivity contribution is 9.10. The number of carbonyl (C=O) groups excluding carboxylic acids is 1. The summed E-state index contributed by atoms with van der Waals surface area (Å²) in [6, 6.07) is 4.81. The second-order valence-electron chi connectivity index (χ2n) is 3.81. The van der Waals surface area contributed by atoms with Gasteiger partial charge in [0.25, 0.3) is 5.91 Å². The SMILES string of the molecule is NC(=O)c1cc(N)cc(Cl)c1Nc1cncc(Br)c1. The normalized spacial score (nSPS) is 10.2. The van der Waals surface area contributed by atoms with Crippen molar-refractivity contribution in [1.82, 2.24) is 4.98 Å². The van der Waals surface area contributed by atoms with E-state index in [1.807, 2.05) is 0 Å². The summed E-state index contributed by atoms with van der Waals surface area (Å²) < 4.78 is 0.796. The molecule has 0 atom stereocenters. The third-order valence-corrected chi connectivity index (χ3v) is 3.08. The summed E-state index contributed by atoms with van der Waals surface area (Å²) in [5.41, 5.74) is 12.6. The van der Waals surface area contributed by atoms with Gasteiger partial charge in [0.1, 0.15) is 0 Å². The molecule has 2 aromatic rings. The number of hydrogen-bond donors (Lipinski definition) is 3. The zero-order valence-corrected chi connectivity index (χ0v) is 12.0. The number of rotatable bonds is 3. The Bertz CT molecular complexity index is 648. The Kier molecular flexibility index (Phi) is 3.92. The average Bonchev–Trinajstić information content (AvgIpc) is 2.32. The van der Waals surface area contributed by atoms with E-state index in [1.165, 1.54) is 6.07 Å². The largest absolute Gasteiger partial charge is 0.399 e. The fourth-order valence-corrected chi connectivity index (χ4v) is 2.21. The van der Waals surface area contributed by atoms with Crippen molar-refractivity contribution >= 4 is 50.5 Å². The van der Waals surface area contributed by atoms with E-state index in [-0.39, 0.29) is 5.56 Å². The standard InChI is InChI=1S/C12H10BrClN4O/c13-6-1-8(5-17-4-6)18-11-9(12(16)19)2-7(15)3-10(11)14/h1-5,18H,15H2,(H2,16,19). The quantitative estimate of drug-likeness (QED) is 0.748. The van der Waals surface area contributed by atoms with Gasteiger partial charge in [0.15, 0.2) is 0 Å². The Balaban J connectivity index is 2.47. The van der Waals surface area contributed by atoms with Gasteiger partial charge in [-0.3, -0.25) is 9.78 Å². The van der Waals surface area contributed by atoms with Gasteiger partial charge in [0.05, 0.1) is 28.2 Å². The van der Waals surface area contributed by atoms with Crippen LogP contribution in [0.2, 0.25) is 5.02 Å². The lowest BCUT2D eigenvalue weighted by molar-refractivity contribution is 0.100. The topological polar surface area (TPSA) is 94.0 Å². The van der Waals surface area contributed by atoms with Gasteiger partial charge in [-0.2, -0.15) is 0 Å². The number of nitrogens with zero attached hydrogens (tertiary/aromatic N) is 1. The molecule has 0 saturated heterocycles. The van der Waals surface area contributed by atoms with Gasteiger partial charge in [0, 0.05) is 16.4 Å². The van der Waals surface area contributed by atoms with E-state index in [0.29, 0.717) is 22.1 Å². The van der Waals surface area contributed by atoms with Crippen LogP contribution >= 0.6 is 27.5 Å². The summed E-state index contributed by atoms with van der Waals surface area (Å²) in [5, 5.41) is 3.32. The second-order valence-corrected chi connectivity index (χ2v) is 5.13. The van der Waals surface area contributed by atoms with Gasteiger partial charge in [-0.1, -0.05) is 11.6 Å². The fraction of sp³-hybridized carbons (Fsp3) is 0. The lowest BCUT2D eigenvalue weighted by atomic mass is 10.1. The Hall–Kier alpha value is -1.79. The highest BCUT2D eigenvalue weighted by Gasteiger charge is 2.13. The number of pyridine rings is 1. The number of benzene rings is 1. The van der Waals surface area contributed by atoms with Crippen LogP contribution in [-0.4, -0.2) is 10.9 Å². The van der Waals surface area contributed by atoms with Crippen LogP contribution in [0.25, 0.3) is 0 Å². The minimum absolute atomic E-state index is 0.227. The second kappa shape index (κ2) is 5.46. The van der Waals surface area contributed by atoms with Crippen molar-refractivity contribution in [2.45, 2.75) is 0 Å². The number of aromatic nitrogens is 1. The van der Waals surface area contributed by atoms with Crippen molar-refractivity contribution in [1.29, 1.82) is 0 Å². The van der Waals surface area contributed by atoms with Crippen LogP contribution in [0.15, 0.2) is 35.1 Å². The van der Waals surface area contributed by atoms with E-state index in [9.17, 15) is 4.79 Å². The maximum Gasteiger partial charge on any atom is 0.250 e. The molecule has 0 unspecified atom stereocenters. The minimum Gasteiger partial charge on any atom is -0.399 e. The van der Waals surface area contributed by atoms with Crippen LogP contribution in [0.4, 0.5) is 17.1 Å². The molecular formula is C12H10BrClN4O. The van der Waals surface area contributed by atoms with Crippen molar-refractivity contribution < 1.29 is 4.79 Å². The van der Waals surface area contributed by atoms with E-state index in [2.05, 4.69) is 26.2 Å². The van der Waals surface area contributed by atoms with Crippen LogP contribution in [0.1, 0.15) is 10.4 Å². The summed E-state index contributed by atoms with van der Waals surface area (Å²) >= 11 is 9.39. The maximum absolute atomic E-state index is 11.4. The van der Waals surface area contributed by atoms with Crippen molar-refractivity contribution in [3.63, 3.8) is 0 Å². The number of nitrogen functional groups attached to an aromatic ring is 1. The predicted octanol–water partition coefficient (Wildman–Crippen LogP) is 2.92. The number of anilines is 3. The molecule has 19 heavy (non-hydrogen) atoms. The lowest BCUT2D eigenvalue weighted by Gasteiger charge is -2.13. The minimum atomic E-state index is -0.611. The van der Waals surface area contributed by atoms with E-state index in [0.717, 1.165) is 4.47 Å². The van der Waals surface area contributed by atoms with Crippen LogP contribution in [-0.2, 0) is 0 Å². The van der Waals surface area contributed by atoms with Crippen LogP contribution in [0.5, 0.6) is 0 Å². The molecule has 0 aliphatic rings. The molecule has 5 N–H and O–H groups in total. The van der Waals surface area contributed by atoms with Gasteiger partial charge in [-0.05, 0) is 34.1 Å². The summed E-state index contributed by atoms with van der Waals surface area (Å²) in [7, 11) is 0. The number of nitrogens with one attached hydrogen (secondary N) is 1. The summed E-state index contributed by atoms with van der Waals surface area (Å²) in [4.78, 5) is 15.4. The molecule has 0 bridgehead atoms. The van der Waals surface area contributed by atoms with Crippen LogP contribution < -0.4 is 16.8 Å². The maximum atomic E-state index is 11.4. The smallest absolute Gasteiger partial charge is 0.250 e. The first-order valence-corrected chi connectivity index (χ1v) is 6.41. The number of primary amides is 1. The van der Waals surface area contributed by atoms with Crippen molar-refractivity contribution in [2.24, 2.45) is 5.73 Å². The molecule has 2 rings (SSSR count). The van der Waals surface area contributed by atoms with Gasteiger partial charge in [0.2, 0.25) is 0 Å². The van der Waals surface area contributed by atoms with Gasteiger partial charge < -0.3 is 16.8 Å². The van der Waals surface area contributed by atoms with Crippen LogP contribution in [0, 0.1) is 0 Å². The van der Waals surface area contributed by atoms with Crippen LogP contribution in [0.3, 0.4) is 0 Å². The summed E-state index contributed by atoms with van der Waals surface area (Å²) in [6.07, 6.45) is 3.24. The predicted molar refractivity (Wildman–Crippen MR) is 79.6 cm³/mol. The van der Waals surface area contributed by atoms with Gasteiger partial charge in [-0.25, -0.2) is 0 Å². The zero-order valence-electron chi connectivity index (χ0n) is 9.65. The molecule has 0 spiro atoms. The van der Waals surface area contributed by atoms with E-state index < -0.39 is 5.91 Å². The van der Waals surface area contributed by atoms with Crippen molar-refractivity contribution in [3.8, 4) is 0 Å². The molecule has 0 aliphatic carbocycles. The monoisotopic (exact) mass is 340 g/mol. The average molecular weight is 342 g/mol. The number of nitrogens with two attached hydrogens (primary N) is 2. The van der Waals surface area contributed by atoms with E-state index in [4.69, 9.17) is 23.1 Å². The molecule has 0 fully saturated rings. The Morgan fingerprint density at radius 3 is 2.68 bits per heavy atom.